The van der Waals surface area contributed by atoms with Gasteiger partial charge >= 0.3 is 12.1 Å². The van der Waals surface area contributed by atoms with E-state index in [0.29, 0.717) is 17.5 Å². The fourth-order valence-electron chi connectivity index (χ4n) is 3.96. The summed E-state index contributed by atoms with van der Waals surface area (Å²) in [6, 6.07) is 5.89. The Bertz CT molecular complexity index is 980. The summed E-state index contributed by atoms with van der Waals surface area (Å²) in [7, 11) is 0. The molecule has 9 nitrogen and oxygen atoms in total. The lowest BCUT2D eigenvalue weighted by atomic mass is 9.97. The number of alkyl carbamates (subject to hydrolysis) is 1. The van der Waals surface area contributed by atoms with Crippen LogP contribution in [0.1, 0.15) is 96.7 Å². The van der Waals surface area contributed by atoms with E-state index in [2.05, 4.69) is 23.5 Å². The molecular formula is C30H45N3O6. The van der Waals surface area contributed by atoms with Gasteiger partial charge in [-0.2, -0.15) is 0 Å². The Morgan fingerprint density at radius 3 is 2.31 bits per heavy atom. The number of ether oxygens (including phenoxy) is 2. The average molecular weight is 544 g/mol. The van der Waals surface area contributed by atoms with Crippen molar-refractivity contribution in [3.63, 3.8) is 0 Å². The smallest absolute Gasteiger partial charge is 0.408 e. The van der Waals surface area contributed by atoms with E-state index in [0.717, 1.165) is 32.1 Å². The summed E-state index contributed by atoms with van der Waals surface area (Å²) in [5, 5.41) is 5.26. The summed E-state index contributed by atoms with van der Waals surface area (Å²) in [5.74, 6) is 1.24. The number of hydrogen-bond donors (Lipinski definition) is 2. The molecule has 0 saturated carbocycles. The molecule has 0 bridgehead atoms. The fourth-order valence-corrected chi connectivity index (χ4v) is 3.96. The summed E-state index contributed by atoms with van der Waals surface area (Å²) in [5.41, 5.74) is 0.243. The van der Waals surface area contributed by atoms with Crippen LogP contribution in [-0.4, -0.2) is 60.6 Å². The van der Waals surface area contributed by atoms with E-state index in [1.54, 1.807) is 52.0 Å². The number of esters is 1. The maximum absolute atomic E-state index is 13.6. The molecule has 3 amide bonds. The van der Waals surface area contributed by atoms with Crippen molar-refractivity contribution in [2.45, 2.75) is 91.2 Å². The lowest BCUT2D eigenvalue weighted by Gasteiger charge is -2.32. The lowest BCUT2D eigenvalue weighted by Crippen LogP contribution is -2.48. The van der Waals surface area contributed by atoms with Crippen LogP contribution in [0.2, 0.25) is 0 Å². The third-order valence-corrected chi connectivity index (χ3v) is 5.76. The number of hydrogen-bond acceptors (Lipinski definition) is 6. The largest absolute Gasteiger partial charge is 0.466 e. The Hall–Kier alpha value is -3.54. The normalized spacial score (nSPS) is 11.6. The molecule has 0 aromatic heterocycles. The maximum atomic E-state index is 13.6. The van der Waals surface area contributed by atoms with Crippen molar-refractivity contribution in [2.75, 3.05) is 26.2 Å². The predicted octanol–water partition coefficient (Wildman–Crippen LogP) is 4.49. The molecule has 0 saturated heterocycles. The second-order valence-electron chi connectivity index (χ2n) is 10.2. The average Bonchev–Trinajstić information content (AvgIpc) is 2.87. The van der Waals surface area contributed by atoms with Crippen molar-refractivity contribution in [1.82, 2.24) is 15.5 Å². The molecule has 0 radical (unpaired) electrons. The van der Waals surface area contributed by atoms with E-state index < -0.39 is 35.5 Å². The summed E-state index contributed by atoms with van der Waals surface area (Å²) in [6.45, 7) is 9.27. The first-order chi connectivity index (χ1) is 18.5. The van der Waals surface area contributed by atoms with E-state index >= 15 is 0 Å². The SMILES string of the molecule is C#Cc1ccccc1C(C(=O)NCCC(=O)OCC)N(CCCCCCCC)C(=O)CNC(=O)OC(C)(C)C. The van der Waals surface area contributed by atoms with Crippen molar-refractivity contribution in [2.24, 2.45) is 0 Å². The van der Waals surface area contributed by atoms with Gasteiger partial charge in [0.15, 0.2) is 0 Å². The van der Waals surface area contributed by atoms with Crippen LogP contribution in [0.15, 0.2) is 24.3 Å². The van der Waals surface area contributed by atoms with Crippen LogP contribution in [-0.2, 0) is 23.9 Å². The lowest BCUT2D eigenvalue weighted by molar-refractivity contribution is -0.143. The van der Waals surface area contributed by atoms with Gasteiger partial charge in [0, 0.05) is 18.7 Å². The molecule has 1 aromatic carbocycles. The number of amides is 3. The van der Waals surface area contributed by atoms with Crippen molar-refractivity contribution in [1.29, 1.82) is 0 Å². The van der Waals surface area contributed by atoms with E-state index in [4.69, 9.17) is 15.9 Å². The van der Waals surface area contributed by atoms with E-state index in [1.165, 1.54) is 4.90 Å². The fraction of sp³-hybridized carbons (Fsp3) is 0.600. The Morgan fingerprint density at radius 1 is 1.00 bits per heavy atom. The van der Waals surface area contributed by atoms with Crippen LogP contribution in [0, 0.1) is 12.3 Å². The molecule has 0 spiro atoms. The highest BCUT2D eigenvalue weighted by Gasteiger charge is 2.33. The van der Waals surface area contributed by atoms with Crippen molar-refractivity contribution in [3.05, 3.63) is 35.4 Å². The van der Waals surface area contributed by atoms with Gasteiger partial charge in [0.1, 0.15) is 18.2 Å². The van der Waals surface area contributed by atoms with Crippen LogP contribution < -0.4 is 10.6 Å². The van der Waals surface area contributed by atoms with Crippen LogP contribution in [0.3, 0.4) is 0 Å². The summed E-state index contributed by atoms with van der Waals surface area (Å²) in [4.78, 5) is 52.5. The zero-order chi connectivity index (χ0) is 29.3. The van der Waals surface area contributed by atoms with Gasteiger partial charge in [-0.25, -0.2) is 4.79 Å². The summed E-state index contributed by atoms with van der Waals surface area (Å²) in [6.07, 6.45) is 11.0. The minimum atomic E-state index is -1.05. The van der Waals surface area contributed by atoms with Gasteiger partial charge in [-0.1, -0.05) is 63.1 Å². The Morgan fingerprint density at radius 2 is 1.67 bits per heavy atom. The van der Waals surface area contributed by atoms with Crippen LogP contribution in [0.4, 0.5) is 4.79 Å². The van der Waals surface area contributed by atoms with E-state index in [-0.39, 0.29) is 32.7 Å². The van der Waals surface area contributed by atoms with Gasteiger partial charge in [0.25, 0.3) is 0 Å². The number of carbonyl (C=O) groups is 4. The van der Waals surface area contributed by atoms with Gasteiger partial charge in [-0.3, -0.25) is 14.4 Å². The van der Waals surface area contributed by atoms with E-state index in [1.807, 2.05) is 0 Å². The number of terminal acetylenes is 1. The molecule has 9 heteroatoms. The Kier molecular flexibility index (Phi) is 15.3. The first-order valence-electron chi connectivity index (χ1n) is 13.8. The summed E-state index contributed by atoms with van der Waals surface area (Å²) >= 11 is 0. The highest BCUT2D eigenvalue weighted by atomic mass is 16.6. The van der Waals surface area contributed by atoms with Crippen LogP contribution in [0.25, 0.3) is 0 Å². The molecule has 0 aliphatic heterocycles. The molecule has 0 aliphatic rings. The van der Waals surface area contributed by atoms with Crippen molar-refractivity contribution >= 4 is 23.9 Å². The first-order valence-corrected chi connectivity index (χ1v) is 13.8. The van der Waals surface area contributed by atoms with Crippen molar-refractivity contribution in [3.8, 4) is 12.3 Å². The molecule has 0 fully saturated rings. The van der Waals surface area contributed by atoms with Gasteiger partial charge in [0.05, 0.1) is 13.0 Å². The molecule has 1 rings (SSSR count). The minimum Gasteiger partial charge on any atom is -0.466 e. The molecule has 0 heterocycles. The molecule has 1 aromatic rings. The Balaban J connectivity index is 3.22. The number of carbonyl (C=O) groups excluding carboxylic acids is 4. The number of rotatable bonds is 16. The molecule has 1 unspecified atom stereocenters. The minimum absolute atomic E-state index is 0.00530. The quantitative estimate of drug-likeness (QED) is 0.180. The standard InChI is InChI=1S/C30H45N3O6/c1-7-10-11-12-13-16-21-33(25(34)22-32-29(37)39-30(4,5)6)27(24-18-15-14-17-23(24)8-2)28(36)31-20-19-26(35)38-9-3/h2,14-15,17-18,27H,7,9-13,16,19-22H2,1,3-6H3,(H,31,36)(H,32,37). The molecule has 216 valence electrons. The third kappa shape index (κ3) is 13.2. The monoisotopic (exact) mass is 543 g/mol. The van der Waals surface area contributed by atoms with Crippen LogP contribution >= 0.6 is 0 Å². The van der Waals surface area contributed by atoms with E-state index in [9.17, 15) is 19.2 Å². The maximum Gasteiger partial charge on any atom is 0.408 e. The number of nitrogens with one attached hydrogen (secondary N) is 2. The van der Waals surface area contributed by atoms with Crippen LogP contribution in [0.5, 0.6) is 0 Å². The molecule has 2 N–H and O–H groups in total. The van der Waals surface area contributed by atoms with Gasteiger partial charge in [-0.05, 0) is 45.7 Å². The number of nitrogens with zero attached hydrogens (tertiary/aromatic N) is 1. The third-order valence-electron chi connectivity index (χ3n) is 5.76. The zero-order valence-electron chi connectivity index (χ0n) is 24.1. The highest BCUT2D eigenvalue weighted by Crippen LogP contribution is 2.26. The molecular weight excluding hydrogens is 498 g/mol. The zero-order valence-corrected chi connectivity index (χ0v) is 24.1. The molecule has 0 aliphatic carbocycles. The number of unbranched alkanes of at least 4 members (excludes halogenated alkanes) is 5. The molecule has 39 heavy (non-hydrogen) atoms. The van der Waals surface area contributed by atoms with Crippen molar-refractivity contribution < 1.29 is 28.7 Å². The second kappa shape index (κ2) is 17.9. The molecule has 1 atom stereocenters. The van der Waals surface area contributed by atoms with Gasteiger partial charge < -0.3 is 25.0 Å². The summed E-state index contributed by atoms with van der Waals surface area (Å²) < 4.78 is 10.2. The number of benzene rings is 1. The Labute approximate surface area is 233 Å². The first kappa shape index (κ1) is 33.5. The second-order valence-corrected chi connectivity index (χ2v) is 10.2. The highest BCUT2D eigenvalue weighted by molar-refractivity contribution is 5.91. The van der Waals surface area contributed by atoms with Gasteiger partial charge in [0.2, 0.25) is 11.8 Å². The van der Waals surface area contributed by atoms with Gasteiger partial charge in [-0.15, -0.1) is 6.42 Å². The predicted molar refractivity (Wildman–Crippen MR) is 151 cm³/mol. The topological polar surface area (TPSA) is 114 Å².